The summed E-state index contributed by atoms with van der Waals surface area (Å²) in [6.07, 6.45) is 0.273. The Morgan fingerprint density at radius 2 is 1.71 bits per heavy atom. The van der Waals surface area contributed by atoms with Crippen molar-refractivity contribution in [3.8, 4) is 5.75 Å². The Balaban J connectivity index is 1.90. The predicted octanol–water partition coefficient (Wildman–Crippen LogP) is 2.48. The lowest BCUT2D eigenvalue weighted by Crippen LogP contribution is -2.55. The number of aromatic hydroxyl groups is 1. The van der Waals surface area contributed by atoms with Crippen LogP contribution in [0, 0.1) is 13.8 Å². The molecule has 148 valence electrons. The maximum absolute atomic E-state index is 13.2. The zero-order valence-corrected chi connectivity index (χ0v) is 16.3. The first kappa shape index (κ1) is 19.9. The van der Waals surface area contributed by atoms with Gasteiger partial charge in [-0.3, -0.25) is 4.79 Å². The Kier molecular flexibility index (Phi) is 5.42. The average Bonchev–Trinajstić information content (AvgIpc) is 2.64. The topological polar surface area (TPSA) is 104 Å². The molecule has 0 bridgehead atoms. The van der Waals surface area contributed by atoms with E-state index in [4.69, 9.17) is 5.73 Å². The van der Waals surface area contributed by atoms with Crippen LogP contribution in [-0.4, -0.2) is 39.1 Å². The smallest absolute Gasteiger partial charge is 0.326 e. The minimum Gasteiger partial charge on any atom is -0.508 e. The van der Waals surface area contributed by atoms with Crippen molar-refractivity contribution in [2.75, 3.05) is 0 Å². The van der Waals surface area contributed by atoms with E-state index in [1.807, 2.05) is 45.0 Å². The quantitative estimate of drug-likeness (QED) is 0.754. The number of nitrogens with zero attached hydrogens (tertiary/aromatic N) is 1. The molecule has 6 heteroatoms. The lowest BCUT2D eigenvalue weighted by molar-refractivity contribution is -0.152. The van der Waals surface area contributed by atoms with Gasteiger partial charge in [-0.05, 0) is 53.8 Å². The molecule has 0 aromatic heterocycles. The molecule has 0 unspecified atom stereocenters. The van der Waals surface area contributed by atoms with E-state index in [0.29, 0.717) is 0 Å². The Hall–Kier alpha value is -2.86. The number of rotatable bonds is 4. The second-order valence-electron chi connectivity index (χ2n) is 7.60. The van der Waals surface area contributed by atoms with Crippen LogP contribution in [0.1, 0.15) is 40.7 Å². The normalized spacial score (nSPS) is 18.3. The zero-order chi connectivity index (χ0) is 20.6. The average molecular weight is 382 g/mol. The predicted molar refractivity (Wildman–Crippen MR) is 106 cm³/mol. The highest BCUT2D eigenvalue weighted by Crippen LogP contribution is 2.31. The molecule has 0 spiro atoms. The lowest BCUT2D eigenvalue weighted by atomic mass is 9.85. The van der Waals surface area contributed by atoms with Gasteiger partial charge in [0.15, 0.2) is 0 Å². The van der Waals surface area contributed by atoms with Gasteiger partial charge in [0, 0.05) is 18.9 Å². The third kappa shape index (κ3) is 3.60. The molecule has 0 saturated carbocycles. The van der Waals surface area contributed by atoms with Crippen molar-refractivity contribution in [3.63, 3.8) is 0 Å². The van der Waals surface area contributed by atoms with Crippen LogP contribution in [0.25, 0.3) is 0 Å². The largest absolute Gasteiger partial charge is 0.508 e. The molecule has 3 atom stereocenters. The molecule has 1 amide bonds. The molecule has 1 aliphatic rings. The molecule has 0 aliphatic carbocycles. The van der Waals surface area contributed by atoms with Crippen molar-refractivity contribution in [2.45, 2.75) is 51.7 Å². The fourth-order valence-corrected chi connectivity index (χ4v) is 4.23. The summed E-state index contributed by atoms with van der Waals surface area (Å²) in [5.41, 5.74) is 10.8. The van der Waals surface area contributed by atoms with Crippen LogP contribution < -0.4 is 5.73 Å². The van der Waals surface area contributed by atoms with Gasteiger partial charge in [-0.2, -0.15) is 0 Å². The third-order valence-electron chi connectivity index (χ3n) is 5.67. The summed E-state index contributed by atoms with van der Waals surface area (Å²) in [6.45, 7) is 5.84. The lowest BCUT2D eigenvalue weighted by Gasteiger charge is -2.37. The van der Waals surface area contributed by atoms with Gasteiger partial charge < -0.3 is 20.8 Å². The molecule has 1 heterocycles. The van der Waals surface area contributed by atoms with Gasteiger partial charge in [0.2, 0.25) is 5.91 Å². The number of carbonyl (C=O) groups is 2. The van der Waals surface area contributed by atoms with Gasteiger partial charge in [0.25, 0.3) is 0 Å². The number of aryl methyl sites for hydroxylation is 2. The molecule has 2 aromatic rings. The molecule has 0 saturated heterocycles. The van der Waals surface area contributed by atoms with Crippen LogP contribution in [0.15, 0.2) is 36.4 Å². The van der Waals surface area contributed by atoms with Crippen molar-refractivity contribution < 1.29 is 19.8 Å². The maximum Gasteiger partial charge on any atom is 0.326 e. The number of carbonyl (C=O) groups excluding carboxylic acids is 1. The summed E-state index contributed by atoms with van der Waals surface area (Å²) >= 11 is 0. The summed E-state index contributed by atoms with van der Waals surface area (Å²) in [7, 11) is 0. The van der Waals surface area contributed by atoms with Gasteiger partial charge in [-0.1, -0.05) is 31.2 Å². The minimum atomic E-state index is -1.03. The Morgan fingerprint density at radius 3 is 2.29 bits per heavy atom. The van der Waals surface area contributed by atoms with Crippen LogP contribution in [0.5, 0.6) is 5.75 Å². The van der Waals surface area contributed by atoms with Crippen LogP contribution in [0.2, 0.25) is 0 Å². The summed E-state index contributed by atoms with van der Waals surface area (Å²) in [6, 6.07) is 9.06. The molecule has 0 radical (unpaired) electrons. The number of carboxylic acid groups (broad SMARTS) is 1. The highest BCUT2D eigenvalue weighted by molar-refractivity contribution is 5.88. The van der Waals surface area contributed by atoms with Crippen molar-refractivity contribution in [3.05, 3.63) is 64.2 Å². The van der Waals surface area contributed by atoms with Gasteiger partial charge in [-0.25, -0.2) is 4.79 Å². The number of phenolic OH excluding ortho intramolecular Hbond substituents is 1. The van der Waals surface area contributed by atoms with E-state index in [-0.39, 0.29) is 30.5 Å². The fourth-order valence-electron chi connectivity index (χ4n) is 4.23. The summed E-state index contributed by atoms with van der Waals surface area (Å²) < 4.78 is 0. The number of aliphatic carboxylic acids is 1. The van der Waals surface area contributed by atoms with E-state index < -0.39 is 18.1 Å². The van der Waals surface area contributed by atoms with Crippen molar-refractivity contribution in [1.82, 2.24) is 4.90 Å². The van der Waals surface area contributed by atoms with Crippen molar-refractivity contribution in [1.29, 1.82) is 0 Å². The monoisotopic (exact) mass is 382 g/mol. The SMILES string of the molecule is Cc1cc(O)cc(C)c1[C@H](C)[C@@H](N)C(=O)N1Cc2ccccc2C[C@H]1C(=O)O. The van der Waals surface area contributed by atoms with Gasteiger partial charge >= 0.3 is 5.97 Å². The fraction of sp³-hybridized carbons (Fsp3) is 0.364. The number of phenols is 1. The number of carboxylic acids is 1. The summed E-state index contributed by atoms with van der Waals surface area (Å²) in [5, 5.41) is 19.4. The summed E-state index contributed by atoms with van der Waals surface area (Å²) in [4.78, 5) is 26.4. The Bertz CT molecular complexity index is 901. The molecule has 28 heavy (non-hydrogen) atoms. The second kappa shape index (κ2) is 7.64. The van der Waals surface area contributed by atoms with Gasteiger partial charge in [-0.15, -0.1) is 0 Å². The van der Waals surface area contributed by atoms with Crippen LogP contribution in [0.3, 0.4) is 0 Å². The molecule has 3 rings (SSSR count). The molecule has 6 nitrogen and oxygen atoms in total. The number of amides is 1. The number of nitrogens with two attached hydrogens (primary N) is 1. The highest BCUT2D eigenvalue weighted by Gasteiger charge is 2.38. The Labute approximate surface area is 164 Å². The molecular weight excluding hydrogens is 356 g/mol. The highest BCUT2D eigenvalue weighted by atomic mass is 16.4. The Morgan fingerprint density at radius 1 is 1.14 bits per heavy atom. The minimum absolute atomic E-state index is 0.171. The standard InChI is InChI=1S/C22H26N2O4/c1-12-8-17(25)9-13(2)19(12)14(3)20(23)21(26)24-11-16-7-5-4-6-15(16)10-18(24)22(27)28/h4-9,14,18,20,25H,10-11,23H2,1-3H3,(H,27,28)/t14-,18-,20+/m0/s1. The first-order chi connectivity index (χ1) is 13.2. The molecule has 0 fully saturated rings. The van der Waals surface area contributed by atoms with Crippen LogP contribution in [0.4, 0.5) is 0 Å². The number of fused-ring (bicyclic) bond motifs is 1. The van der Waals surface area contributed by atoms with Gasteiger partial charge in [0.05, 0.1) is 6.04 Å². The molecule has 4 N–H and O–H groups in total. The summed E-state index contributed by atoms with van der Waals surface area (Å²) in [5.74, 6) is -1.55. The third-order valence-corrected chi connectivity index (χ3v) is 5.67. The van der Waals surface area contributed by atoms with Crippen LogP contribution >= 0.6 is 0 Å². The second-order valence-corrected chi connectivity index (χ2v) is 7.60. The van der Waals surface area contributed by atoms with Gasteiger partial charge in [0.1, 0.15) is 11.8 Å². The van der Waals surface area contributed by atoms with E-state index >= 15 is 0 Å². The van der Waals surface area contributed by atoms with E-state index in [0.717, 1.165) is 27.8 Å². The molecular formula is C22H26N2O4. The molecule has 2 aromatic carbocycles. The number of hydrogen-bond donors (Lipinski definition) is 3. The van der Waals surface area contributed by atoms with E-state index in [9.17, 15) is 19.8 Å². The maximum atomic E-state index is 13.2. The van der Waals surface area contributed by atoms with E-state index in [1.54, 1.807) is 12.1 Å². The molecule has 1 aliphatic heterocycles. The van der Waals surface area contributed by atoms with Crippen molar-refractivity contribution >= 4 is 11.9 Å². The van der Waals surface area contributed by atoms with Crippen LogP contribution in [-0.2, 0) is 22.6 Å². The first-order valence-corrected chi connectivity index (χ1v) is 9.36. The number of hydrogen-bond acceptors (Lipinski definition) is 4. The zero-order valence-electron chi connectivity index (χ0n) is 16.3. The van der Waals surface area contributed by atoms with Crippen molar-refractivity contribution in [2.24, 2.45) is 5.73 Å². The van der Waals surface area contributed by atoms with E-state index in [1.165, 1.54) is 4.90 Å². The first-order valence-electron chi connectivity index (χ1n) is 9.36. The number of benzene rings is 2. The van der Waals surface area contributed by atoms with E-state index in [2.05, 4.69) is 0 Å².